The molecule has 1 aliphatic carbocycles. The molecule has 2 aromatic rings. The van der Waals surface area contributed by atoms with E-state index in [1.54, 1.807) is 22.9 Å². The van der Waals surface area contributed by atoms with Gasteiger partial charge in [-0.05, 0) is 30.9 Å². The molecule has 0 unspecified atom stereocenters. The van der Waals surface area contributed by atoms with Crippen LogP contribution in [0.4, 0.5) is 4.39 Å². The molecular formula is C17H21FN2O2. The van der Waals surface area contributed by atoms with Gasteiger partial charge in [-0.2, -0.15) is 0 Å². The lowest BCUT2D eigenvalue weighted by Crippen LogP contribution is -2.28. The van der Waals surface area contributed by atoms with E-state index in [4.69, 9.17) is 5.11 Å². The highest BCUT2D eigenvalue weighted by Crippen LogP contribution is 2.26. The number of carbonyl (C=O) groups excluding carboxylic acids is 1. The maximum Gasteiger partial charge on any atom is 0.253 e. The van der Waals surface area contributed by atoms with Crippen molar-refractivity contribution in [1.29, 1.82) is 0 Å². The summed E-state index contributed by atoms with van der Waals surface area (Å²) < 4.78 is 15.9. The smallest absolute Gasteiger partial charge is 0.253 e. The summed E-state index contributed by atoms with van der Waals surface area (Å²) in [5.74, 6) is -0.0986. The Morgan fingerprint density at radius 3 is 2.86 bits per heavy atom. The molecule has 0 radical (unpaired) electrons. The molecular weight excluding hydrogens is 283 g/mol. The van der Waals surface area contributed by atoms with Gasteiger partial charge in [0.15, 0.2) is 0 Å². The fourth-order valence-corrected chi connectivity index (χ4v) is 3.32. The summed E-state index contributed by atoms with van der Waals surface area (Å²) in [6.07, 6.45) is 6.39. The van der Waals surface area contributed by atoms with Crippen LogP contribution < -0.4 is 5.32 Å². The third-order valence-corrected chi connectivity index (χ3v) is 4.47. The highest BCUT2D eigenvalue weighted by Gasteiger charge is 2.20. The van der Waals surface area contributed by atoms with Gasteiger partial charge < -0.3 is 15.0 Å². The second kappa shape index (κ2) is 6.48. The largest absolute Gasteiger partial charge is 0.395 e. The van der Waals surface area contributed by atoms with Crippen LogP contribution in [-0.2, 0) is 6.54 Å². The van der Waals surface area contributed by atoms with Crippen molar-refractivity contribution in [2.45, 2.75) is 32.2 Å². The number of nitrogens with zero attached hydrogens (tertiary/aromatic N) is 1. The first-order valence-electron chi connectivity index (χ1n) is 7.87. The predicted octanol–water partition coefficient (Wildman–Crippen LogP) is 2.69. The van der Waals surface area contributed by atoms with Crippen LogP contribution in [0.5, 0.6) is 0 Å². The molecule has 1 aromatic carbocycles. The van der Waals surface area contributed by atoms with Crippen molar-refractivity contribution in [2.24, 2.45) is 5.92 Å². The summed E-state index contributed by atoms with van der Waals surface area (Å²) in [7, 11) is 0. The number of rotatable bonds is 5. The number of amides is 1. The maximum absolute atomic E-state index is 14.1. The van der Waals surface area contributed by atoms with Gasteiger partial charge in [-0.3, -0.25) is 4.79 Å². The maximum atomic E-state index is 14.1. The molecule has 1 heterocycles. The summed E-state index contributed by atoms with van der Waals surface area (Å²) in [6.45, 7) is 0.944. The Balaban J connectivity index is 1.86. The second-order valence-electron chi connectivity index (χ2n) is 5.95. The lowest BCUT2D eigenvalue weighted by atomic mass is 10.1. The van der Waals surface area contributed by atoms with Crippen LogP contribution >= 0.6 is 0 Å². The van der Waals surface area contributed by atoms with Crippen molar-refractivity contribution in [1.82, 2.24) is 9.88 Å². The first-order chi connectivity index (χ1) is 10.7. The first kappa shape index (κ1) is 15.0. The molecule has 1 amide bonds. The number of hydrogen-bond donors (Lipinski definition) is 2. The van der Waals surface area contributed by atoms with E-state index in [-0.39, 0.29) is 12.5 Å². The van der Waals surface area contributed by atoms with Crippen molar-refractivity contribution in [2.75, 3.05) is 13.2 Å². The molecule has 0 atom stereocenters. The minimum atomic E-state index is -0.403. The summed E-state index contributed by atoms with van der Waals surface area (Å²) in [6, 6.07) is 4.74. The fourth-order valence-electron chi connectivity index (χ4n) is 3.32. The van der Waals surface area contributed by atoms with Crippen LogP contribution in [0.1, 0.15) is 36.0 Å². The molecule has 0 aliphatic heterocycles. The summed E-state index contributed by atoms with van der Waals surface area (Å²) in [5.41, 5.74) is 0.986. The third-order valence-electron chi connectivity index (χ3n) is 4.47. The lowest BCUT2D eigenvalue weighted by Gasteiger charge is -2.10. The summed E-state index contributed by atoms with van der Waals surface area (Å²) in [5, 5.41) is 12.4. The number of benzene rings is 1. The average molecular weight is 304 g/mol. The Morgan fingerprint density at radius 1 is 1.36 bits per heavy atom. The van der Waals surface area contributed by atoms with Gasteiger partial charge in [0.2, 0.25) is 0 Å². The average Bonchev–Trinajstić information content (AvgIpc) is 3.14. The molecule has 1 fully saturated rings. The number of carbonyl (C=O) groups is 1. The Labute approximate surface area is 128 Å². The van der Waals surface area contributed by atoms with Gasteiger partial charge >= 0.3 is 0 Å². The zero-order valence-electron chi connectivity index (χ0n) is 12.5. The molecule has 1 aliphatic rings. The number of hydrogen-bond acceptors (Lipinski definition) is 2. The molecule has 1 aromatic heterocycles. The molecule has 118 valence electrons. The van der Waals surface area contributed by atoms with Gasteiger partial charge in [-0.1, -0.05) is 18.9 Å². The minimum absolute atomic E-state index is 0.0522. The zero-order chi connectivity index (χ0) is 15.5. The van der Waals surface area contributed by atoms with Crippen LogP contribution in [-0.4, -0.2) is 28.7 Å². The van der Waals surface area contributed by atoms with Crippen molar-refractivity contribution in [3.05, 3.63) is 35.8 Å². The lowest BCUT2D eigenvalue weighted by molar-refractivity contribution is 0.0948. The Bertz CT molecular complexity index is 675. The van der Waals surface area contributed by atoms with Crippen LogP contribution in [0.25, 0.3) is 10.9 Å². The van der Waals surface area contributed by atoms with Crippen LogP contribution in [0.2, 0.25) is 0 Å². The minimum Gasteiger partial charge on any atom is -0.395 e. The summed E-state index contributed by atoms with van der Waals surface area (Å²) in [4.78, 5) is 12.4. The van der Waals surface area contributed by atoms with E-state index in [0.717, 1.165) is 12.8 Å². The molecule has 2 N–H and O–H groups in total. The molecule has 0 bridgehead atoms. The van der Waals surface area contributed by atoms with Gasteiger partial charge in [0, 0.05) is 24.7 Å². The van der Waals surface area contributed by atoms with E-state index in [1.165, 1.54) is 18.9 Å². The highest BCUT2D eigenvalue weighted by atomic mass is 19.1. The molecule has 3 rings (SSSR count). The normalized spacial score (nSPS) is 15.5. The standard InChI is InChI=1S/C17H21FN2O2/c18-14-6-3-7-15-16(14)13(11-20(15)8-9-21)17(22)19-10-12-4-1-2-5-12/h3,6-7,11-12,21H,1-2,4-5,8-10H2,(H,19,22). The molecule has 0 spiro atoms. The first-order valence-corrected chi connectivity index (χ1v) is 7.87. The van der Waals surface area contributed by atoms with E-state index >= 15 is 0 Å². The Kier molecular flexibility index (Phi) is 4.43. The van der Waals surface area contributed by atoms with Crippen LogP contribution in [0.3, 0.4) is 0 Å². The van der Waals surface area contributed by atoms with Crippen molar-refractivity contribution >= 4 is 16.8 Å². The quantitative estimate of drug-likeness (QED) is 0.892. The number of nitrogens with one attached hydrogen (secondary N) is 1. The molecule has 22 heavy (non-hydrogen) atoms. The van der Waals surface area contributed by atoms with Gasteiger partial charge in [0.05, 0.1) is 17.7 Å². The molecule has 4 nitrogen and oxygen atoms in total. The number of aliphatic hydroxyl groups excluding tert-OH is 1. The van der Waals surface area contributed by atoms with E-state index in [1.807, 2.05) is 0 Å². The molecule has 1 saturated carbocycles. The van der Waals surface area contributed by atoms with Crippen molar-refractivity contribution < 1.29 is 14.3 Å². The topological polar surface area (TPSA) is 54.3 Å². The van der Waals surface area contributed by atoms with Gasteiger partial charge in [-0.25, -0.2) is 4.39 Å². The van der Waals surface area contributed by atoms with E-state index in [9.17, 15) is 9.18 Å². The van der Waals surface area contributed by atoms with Crippen LogP contribution in [0.15, 0.2) is 24.4 Å². The number of aromatic nitrogens is 1. The monoisotopic (exact) mass is 304 g/mol. The molecule has 5 heteroatoms. The van der Waals surface area contributed by atoms with E-state index < -0.39 is 5.82 Å². The van der Waals surface area contributed by atoms with Crippen molar-refractivity contribution in [3.63, 3.8) is 0 Å². The second-order valence-corrected chi connectivity index (χ2v) is 5.95. The fraction of sp³-hybridized carbons (Fsp3) is 0.471. The number of fused-ring (bicyclic) bond motifs is 1. The van der Waals surface area contributed by atoms with E-state index in [2.05, 4.69) is 5.32 Å². The van der Waals surface area contributed by atoms with Gasteiger partial charge in [0.25, 0.3) is 5.91 Å². The van der Waals surface area contributed by atoms with Crippen molar-refractivity contribution in [3.8, 4) is 0 Å². The van der Waals surface area contributed by atoms with Crippen LogP contribution in [0, 0.1) is 11.7 Å². The number of halogens is 1. The van der Waals surface area contributed by atoms with E-state index in [0.29, 0.717) is 35.5 Å². The summed E-state index contributed by atoms with van der Waals surface area (Å²) >= 11 is 0. The number of aliphatic hydroxyl groups is 1. The Hall–Kier alpha value is -1.88. The predicted molar refractivity (Wildman–Crippen MR) is 83.3 cm³/mol. The zero-order valence-corrected chi connectivity index (χ0v) is 12.5. The highest BCUT2D eigenvalue weighted by molar-refractivity contribution is 6.07. The SMILES string of the molecule is O=C(NCC1CCCC1)c1cn(CCO)c2cccc(F)c12. The molecule has 0 saturated heterocycles. The van der Waals surface area contributed by atoms with Gasteiger partial charge in [0.1, 0.15) is 5.82 Å². The Morgan fingerprint density at radius 2 is 2.14 bits per heavy atom. The van der Waals surface area contributed by atoms with Gasteiger partial charge in [-0.15, -0.1) is 0 Å². The third kappa shape index (κ3) is 2.86.